The van der Waals surface area contributed by atoms with Gasteiger partial charge in [0.05, 0.1) is 5.69 Å². The molecular formula is C18H14N2O4. The molecule has 2 aromatic rings. The monoisotopic (exact) mass is 322 g/mol. The maximum absolute atomic E-state index is 12.4. The van der Waals surface area contributed by atoms with Crippen LogP contribution in [0.3, 0.4) is 0 Å². The number of nitrogens with zero attached hydrogens (tertiary/aromatic N) is 2. The van der Waals surface area contributed by atoms with E-state index >= 15 is 0 Å². The molecular weight excluding hydrogens is 308 g/mol. The fourth-order valence-corrected chi connectivity index (χ4v) is 2.46. The van der Waals surface area contributed by atoms with Gasteiger partial charge >= 0.3 is 6.09 Å². The summed E-state index contributed by atoms with van der Waals surface area (Å²) in [6.07, 6.45) is -0.873. The lowest BCUT2D eigenvalue weighted by molar-refractivity contribution is -0.121. The van der Waals surface area contributed by atoms with Gasteiger partial charge in [-0.25, -0.2) is 9.69 Å². The van der Waals surface area contributed by atoms with E-state index in [0.717, 1.165) is 10.5 Å². The third-order valence-electron chi connectivity index (χ3n) is 3.53. The number of para-hydroxylation sites is 1. The number of fused-ring (bicyclic) bond motifs is 1. The summed E-state index contributed by atoms with van der Waals surface area (Å²) in [5.41, 5.74) is 1.59. The first-order chi connectivity index (χ1) is 11.6. The molecule has 0 saturated carbocycles. The van der Waals surface area contributed by atoms with Crippen LogP contribution in [0.25, 0.3) is 0 Å². The number of rotatable bonds is 2. The first kappa shape index (κ1) is 15.6. The molecule has 1 aliphatic rings. The minimum atomic E-state index is -0.873. The second-order valence-electron chi connectivity index (χ2n) is 5.18. The van der Waals surface area contributed by atoms with Gasteiger partial charge in [-0.1, -0.05) is 48.5 Å². The molecule has 0 radical (unpaired) electrons. The highest BCUT2D eigenvalue weighted by Gasteiger charge is 2.36. The van der Waals surface area contributed by atoms with Gasteiger partial charge in [-0.2, -0.15) is 4.99 Å². The van der Waals surface area contributed by atoms with Gasteiger partial charge in [0.25, 0.3) is 5.91 Å². The van der Waals surface area contributed by atoms with Crippen LogP contribution in [0.15, 0.2) is 59.6 Å². The zero-order chi connectivity index (χ0) is 17.1. The average molecular weight is 322 g/mol. The van der Waals surface area contributed by atoms with Crippen LogP contribution in [0, 0.1) is 0 Å². The van der Waals surface area contributed by atoms with Crippen molar-refractivity contribution in [2.75, 3.05) is 4.90 Å². The SMILES string of the molecule is CC(=O)N1C(=O)/C(=N\C(=O)OCc2ccccc2)c2ccccc21. The summed E-state index contributed by atoms with van der Waals surface area (Å²) in [5, 5.41) is 0. The lowest BCUT2D eigenvalue weighted by Gasteiger charge is -2.10. The largest absolute Gasteiger partial charge is 0.443 e. The molecule has 0 aromatic heterocycles. The Balaban J connectivity index is 1.83. The minimum absolute atomic E-state index is 0.0582. The Labute approximate surface area is 138 Å². The number of carbonyl (C=O) groups excluding carboxylic acids is 3. The molecule has 3 rings (SSSR count). The molecule has 0 atom stereocenters. The number of ether oxygens (including phenoxy) is 1. The van der Waals surface area contributed by atoms with Crippen LogP contribution in [0.4, 0.5) is 10.5 Å². The summed E-state index contributed by atoms with van der Waals surface area (Å²) >= 11 is 0. The normalized spacial score (nSPS) is 14.6. The summed E-state index contributed by atoms with van der Waals surface area (Å²) in [6.45, 7) is 1.34. The van der Waals surface area contributed by atoms with E-state index in [1.807, 2.05) is 30.3 Å². The van der Waals surface area contributed by atoms with Gasteiger partial charge in [-0.05, 0) is 11.6 Å². The molecule has 0 spiro atoms. The lowest BCUT2D eigenvalue weighted by Crippen LogP contribution is -2.34. The number of anilines is 1. The smallest absolute Gasteiger partial charge is 0.434 e. The van der Waals surface area contributed by atoms with Crippen molar-refractivity contribution in [1.82, 2.24) is 0 Å². The van der Waals surface area contributed by atoms with Gasteiger partial charge in [0.15, 0.2) is 0 Å². The quantitative estimate of drug-likeness (QED) is 0.852. The average Bonchev–Trinajstić information content (AvgIpc) is 2.86. The third-order valence-corrected chi connectivity index (χ3v) is 3.53. The van der Waals surface area contributed by atoms with E-state index in [4.69, 9.17) is 4.74 Å². The predicted molar refractivity (Wildman–Crippen MR) is 87.8 cm³/mol. The summed E-state index contributed by atoms with van der Waals surface area (Å²) in [7, 11) is 0. The van der Waals surface area contributed by atoms with Gasteiger partial charge in [0.2, 0.25) is 5.91 Å². The third kappa shape index (κ3) is 2.94. The topological polar surface area (TPSA) is 76.0 Å². The van der Waals surface area contributed by atoms with E-state index in [1.54, 1.807) is 24.3 Å². The number of carbonyl (C=O) groups is 3. The van der Waals surface area contributed by atoms with Crippen molar-refractivity contribution in [3.05, 3.63) is 65.7 Å². The van der Waals surface area contributed by atoms with Crippen molar-refractivity contribution >= 4 is 29.3 Å². The molecule has 0 fully saturated rings. The Hall–Kier alpha value is -3.28. The van der Waals surface area contributed by atoms with Crippen LogP contribution in [0.2, 0.25) is 0 Å². The summed E-state index contributed by atoms with van der Waals surface area (Å²) in [4.78, 5) is 40.8. The van der Waals surface area contributed by atoms with Crippen LogP contribution in [0.5, 0.6) is 0 Å². The number of hydrogen-bond acceptors (Lipinski definition) is 4. The van der Waals surface area contributed by atoms with Crippen molar-refractivity contribution in [1.29, 1.82) is 0 Å². The van der Waals surface area contributed by atoms with Crippen molar-refractivity contribution in [2.45, 2.75) is 13.5 Å². The number of benzene rings is 2. The highest BCUT2D eigenvalue weighted by atomic mass is 16.5. The van der Waals surface area contributed by atoms with Gasteiger partial charge < -0.3 is 4.74 Å². The van der Waals surface area contributed by atoms with E-state index in [-0.39, 0.29) is 12.3 Å². The molecule has 1 aliphatic heterocycles. The fourth-order valence-electron chi connectivity index (χ4n) is 2.46. The molecule has 0 unspecified atom stereocenters. The second kappa shape index (κ2) is 6.45. The zero-order valence-electron chi connectivity index (χ0n) is 12.9. The highest BCUT2D eigenvalue weighted by Crippen LogP contribution is 2.29. The van der Waals surface area contributed by atoms with Gasteiger partial charge in [-0.15, -0.1) is 0 Å². The number of amides is 3. The molecule has 0 aliphatic carbocycles. The van der Waals surface area contributed by atoms with Gasteiger partial charge in [0.1, 0.15) is 12.3 Å². The van der Waals surface area contributed by atoms with Crippen molar-refractivity contribution in [3.8, 4) is 0 Å². The van der Waals surface area contributed by atoms with Crippen LogP contribution >= 0.6 is 0 Å². The van der Waals surface area contributed by atoms with Crippen molar-refractivity contribution < 1.29 is 19.1 Å². The van der Waals surface area contributed by atoms with E-state index in [2.05, 4.69) is 4.99 Å². The first-order valence-corrected chi connectivity index (χ1v) is 7.31. The van der Waals surface area contributed by atoms with E-state index in [0.29, 0.717) is 11.3 Å². The molecule has 120 valence electrons. The van der Waals surface area contributed by atoms with Crippen LogP contribution in [-0.4, -0.2) is 23.6 Å². The molecule has 2 aromatic carbocycles. The number of aliphatic imine (C=N–C) groups is 1. The number of hydrogen-bond donors (Lipinski definition) is 0. The molecule has 3 amide bonds. The molecule has 24 heavy (non-hydrogen) atoms. The fraction of sp³-hybridized carbons (Fsp3) is 0.111. The Morgan fingerprint density at radius 1 is 1.04 bits per heavy atom. The van der Waals surface area contributed by atoms with Crippen LogP contribution < -0.4 is 4.90 Å². The van der Waals surface area contributed by atoms with E-state index < -0.39 is 17.9 Å². The summed E-state index contributed by atoms with van der Waals surface area (Å²) in [5.74, 6) is -1.06. The molecule has 0 bridgehead atoms. The molecule has 0 saturated heterocycles. The first-order valence-electron chi connectivity index (χ1n) is 7.31. The lowest BCUT2D eigenvalue weighted by atomic mass is 10.1. The molecule has 6 heteroatoms. The highest BCUT2D eigenvalue weighted by molar-refractivity contribution is 6.58. The minimum Gasteiger partial charge on any atom is -0.443 e. The van der Waals surface area contributed by atoms with Crippen LogP contribution in [-0.2, 0) is 20.9 Å². The summed E-state index contributed by atoms with van der Waals surface area (Å²) in [6, 6.07) is 15.8. The van der Waals surface area contributed by atoms with Gasteiger partial charge in [-0.3, -0.25) is 9.59 Å². The maximum Gasteiger partial charge on any atom is 0.434 e. The molecule has 6 nitrogen and oxygen atoms in total. The number of imide groups is 1. The van der Waals surface area contributed by atoms with Crippen molar-refractivity contribution in [3.63, 3.8) is 0 Å². The standard InChI is InChI=1S/C18H14N2O4/c1-12(21)20-15-10-6-5-9-14(15)16(17(20)22)19-18(23)24-11-13-7-3-2-4-8-13/h2-10H,11H2,1H3/b19-16-. The van der Waals surface area contributed by atoms with E-state index in [1.165, 1.54) is 6.92 Å². The zero-order valence-corrected chi connectivity index (χ0v) is 12.9. The van der Waals surface area contributed by atoms with Crippen LogP contribution in [0.1, 0.15) is 18.1 Å². The summed E-state index contributed by atoms with van der Waals surface area (Å²) < 4.78 is 5.07. The molecule has 0 N–H and O–H groups in total. The predicted octanol–water partition coefficient (Wildman–Crippen LogP) is 2.71. The van der Waals surface area contributed by atoms with Gasteiger partial charge in [0, 0.05) is 12.5 Å². The Morgan fingerprint density at radius 2 is 1.71 bits per heavy atom. The second-order valence-corrected chi connectivity index (χ2v) is 5.18. The molecule has 1 heterocycles. The Morgan fingerprint density at radius 3 is 2.42 bits per heavy atom. The van der Waals surface area contributed by atoms with Crippen molar-refractivity contribution in [2.24, 2.45) is 4.99 Å². The Bertz CT molecular complexity index is 843. The Kier molecular flexibility index (Phi) is 4.20. The van der Waals surface area contributed by atoms with E-state index in [9.17, 15) is 14.4 Å². The maximum atomic E-state index is 12.4.